The van der Waals surface area contributed by atoms with E-state index in [4.69, 9.17) is 4.55 Å². The predicted molar refractivity (Wildman–Crippen MR) is 27.8 cm³/mol. The Morgan fingerprint density at radius 3 is 2.00 bits per heavy atom. The van der Waals surface area contributed by atoms with Crippen LogP contribution in [0.15, 0.2) is 0 Å². The van der Waals surface area contributed by atoms with Crippen LogP contribution in [-0.4, -0.2) is 24.3 Å². The van der Waals surface area contributed by atoms with Gasteiger partial charge in [-0.15, -0.1) is 0 Å². The van der Waals surface area contributed by atoms with Crippen molar-refractivity contribution in [2.45, 2.75) is 0 Å². The molecule has 0 aromatic heterocycles. The van der Waals surface area contributed by atoms with Crippen LogP contribution in [0.2, 0.25) is 0 Å². The first kappa shape index (κ1) is 12.7. The molecule has 5 nitrogen and oxygen atoms in total. The fourth-order valence-corrected chi connectivity index (χ4v) is 0.774. The van der Waals surface area contributed by atoms with E-state index in [1.165, 1.54) is 0 Å². The standard InChI is InChI=1S/CH4O5S2.Na.H/c1-6-7(2)8(3,4)5;;/h1H3,(H,3,4,5);;/q;+1;-1. The fraction of sp³-hybridized carbons (Fsp3) is 1.00. The SMILES string of the molecule is COS(=O)S(=O)(=O)O.[H-].[Na+]. The Morgan fingerprint density at radius 1 is 1.67 bits per heavy atom. The molecule has 0 radical (unpaired) electrons. The van der Waals surface area contributed by atoms with Crippen LogP contribution in [0.3, 0.4) is 0 Å². The molecule has 0 aromatic rings. The van der Waals surface area contributed by atoms with Crippen molar-refractivity contribution in [3.05, 3.63) is 0 Å². The smallest absolute Gasteiger partial charge is 1.00 e. The molecule has 8 heteroatoms. The molecule has 0 saturated heterocycles. The Hall–Kier alpha value is 1.02. The van der Waals surface area contributed by atoms with E-state index < -0.39 is 19.3 Å². The van der Waals surface area contributed by atoms with Gasteiger partial charge in [-0.25, -0.2) is 4.21 Å². The summed E-state index contributed by atoms with van der Waals surface area (Å²) in [7, 11) is -6.21. The third kappa shape index (κ3) is 5.46. The van der Waals surface area contributed by atoms with Crippen LogP contribution in [0.4, 0.5) is 0 Å². The molecule has 9 heavy (non-hydrogen) atoms. The van der Waals surface area contributed by atoms with Crippen molar-refractivity contribution < 1.29 is 52.3 Å². The second-order valence-electron chi connectivity index (χ2n) is 0.799. The molecular formula is CH5NaO5S2. The van der Waals surface area contributed by atoms with E-state index >= 15 is 0 Å². The molecular weight excluding hydrogens is 179 g/mol. The largest absolute Gasteiger partial charge is 1.00 e. The van der Waals surface area contributed by atoms with Gasteiger partial charge < -0.3 is 1.43 Å². The summed E-state index contributed by atoms with van der Waals surface area (Å²) in [5.74, 6) is 0. The molecule has 0 amide bonds. The maximum Gasteiger partial charge on any atom is 1.00 e. The molecule has 1 unspecified atom stereocenters. The first-order chi connectivity index (χ1) is 3.48. The Morgan fingerprint density at radius 2 is 2.00 bits per heavy atom. The molecule has 0 aliphatic rings. The molecule has 52 valence electrons. The van der Waals surface area contributed by atoms with E-state index in [9.17, 15) is 12.6 Å². The van der Waals surface area contributed by atoms with Crippen LogP contribution < -0.4 is 29.6 Å². The van der Waals surface area contributed by atoms with Crippen LogP contribution in [0.5, 0.6) is 0 Å². The Kier molecular flexibility index (Phi) is 6.73. The predicted octanol–water partition coefficient (Wildman–Crippen LogP) is -3.78. The van der Waals surface area contributed by atoms with Crippen LogP contribution in [-0.2, 0) is 23.4 Å². The van der Waals surface area contributed by atoms with Crippen molar-refractivity contribution in [3.8, 4) is 0 Å². The van der Waals surface area contributed by atoms with Crippen molar-refractivity contribution >= 4 is 19.3 Å². The number of rotatable bonds is 2. The van der Waals surface area contributed by atoms with E-state index in [2.05, 4.69) is 4.18 Å². The molecule has 0 aliphatic heterocycles. The second-order valence-corrected chi connectivity index (χ2v) is 4.48. The van der Waals surface area contributed by atoms with Gasteiger partial charge in [0.25, 0.3) is 0 Å². The van der Waals surface area contributed by atoms with E-state index in [1.807, 2.05) is 0 Å². The molecule has 0 rings (SSSR count). The summed E-state index contributed by atoms with van der Waals surface area (Å²) in [4.78, 5) is 0. The van der Waals surface area contributed by atoms with Gasteiger partial charge in [0.05, 0.1) is 7.11 Å². The summed E-state index contributed by atoms with van der Waals surface area (Å²) in [6, 6.07) is 0. The van der Waals surface area contributed by atoms with Crippen molar-refractivity contribution in [2.24, 2.45) is 0 Å². The van der Waals surface area contributed by atoms with Gasteiger partial charge in [0, 0.05) is 0 Å². The van der Waals surface area contributed by atoms with Gasteiger partial charge in [0.1, 0.15) is 0 Å². The van der Waals surface area contributed by atoms with Crippen LogP contribution >= 0.6 is 0 Å². The number of hydrogen-bond donors (Lipinski definition) is 1. The normalized spacial score (nSPS) is 14.0. The van der Waals surface area contributed by atoms with Crippen LogP contribution in [0, 0.1) is 0 Å². The van der Waals surface area contributed by atoms with E-state index in [0.717, 1.165) is 7.11 Å². The molecule has 0 spiro atoms. The van der Waals surface area contributed by atoms with Gasteiger partial charge in [-0.2, -0.15) is 8.42 Å². The topological polar surface area (TPSA) is 80.7 Å². The quantitative estimate of drug-likeness (QED) is 0.270. The summed E-state index contributed by atoms with van der Waals surface area (Å²) in [5, 5.41) is 0. The average Bonchev–Trinajstić information content (AvgIpc) is 1.62. The second kappa shape index (κ2) is 4.78. The summed E-state index contributed by atoms with van der Waals surface area (Å²) in [5.41, 5.74) is 0. The van der Waals surface area contributed by atoms with Gasteiger partial charge in [-0.1, -0.05) is 0 Å². The van der Waals surface area contributed by atoms with Crippen molar-refractivity contribution in [1.29, 1.82) is 0 Å². The summed E-state index contributed by atoms with van der Waals surface area (Å²) in [6.07, 6.45) is 0. The first-order valence-electron chi connectivity index (χ1n) is 1.42. The van der Waals surface area contributed by atoms with Gasteiger partial charge in [0.2, 0.25) is 0 Å². The molecule has 0 aliphatic carbocycles. The van der Waals surface area contributed by atoms with Crippen LogP contribution in [0.25, 0.3) is 0 Å². The summed E-state index contributed by atoms with van der Waals surface area (Å²) in [6.45, 7) is 0. The molecule has 0 heterocycles. The summed E-state index contributed by atoms with van der Waals surface area (Å²) >= 11 is 0. The Labute approximate surface area is 78.4 Å². The zero-order valence-electron chi connectivity index (χ0n) is 5.90. The molecule has 0 bridgehead atoms. The van der Waals surface area contributed by atoms with Crippen molar-refractivity contribution in [1.82, 2.24) is 0 Å². The summed E-state index contributed by atoms with van der Waals surface area (Å²) < 4.78 is 40.9. The molecule has 0 saturated carbocycles. The van der Waals surface area contributed by atoms with E-state index in [1.54, 1.807) is 0 Å². The fourth-order valence-electron chi connectivity index (χ4n) is 0.0860. The van der Waals surface area contributed by atoms with Crippen molar-refractivity contribution in [2.75, 3.05) is 7.11 Å². The van der Waals surface area contributed by atoms with Gasteiger partial charge in [-0.3, -0.25) is 8.74 Å². The Balaban J connectivity index is -0.000000245. The maximum absolute atomic E-state index is 9.88. The van der Waals surface area contributed by atoms with Gasteiger partial charge in [0.15, 0.2) is 0 Å². The third-order valence-corrected chi connectivity index (χ3v) is 2.36. The first-order valence-corrected chi connectivity index (χ1v) is 4.46. The van der Waals surface area contributed by atoms with Gasteiger partial charge >= 0.3 is 48.8 Å². The molecule has 0 fully saturated rings. The minimum absolute atomic E-state index is 0. The molecule has 1 atom stereocenters. The Bertz CT molecular complexity index is 186. The minimum atomic E-state index is -4.50. The average molecular weight is 184 g/mol. The van der Waals surface area contributed by atoms with Gasteiger partial charge in [-0.05, 0) is 0 Å². The molecule has 1 N–H and O–H groups in total. The third-order valence-electron chi connectivity index (χ3n) is 0.308. The monoisotopic (exact) mass is 184 g/mol. The maximum atomic E-state index is 9.88. The van der Waals surface area contributed by atoms with E-state index in [-0.39, 0.29) is 31.0 Å². The molecule has 0 aromatic carbocycles. The zero-order chi connectivity index (χ0) is 6.78. The zero-order valence-corrected chi connectivity index (χ0v) is 8.53. The minimum Gasteiger partial charge on any atom is -1.00 e. The van der Waals surface area contributed by atoms with Crippen molar-refractivity contribution in [3.63, 3.8) is 0 Å². The van der Waals surface area contributed by atoms with E-state index in [0.29, 0.717) is 0 Å². The number of hydrogen-bond acceptors (Lipinski definition) is 4. The van der Waals surface area contributed by atoms with Crippen LogP contribution in [0.1, 0.15) is 1.43 Å².